The second-order valence-corrected chi connectivity index (χ2v) is 8.79. The number of halogens is 1. The molecule has 1 aromatic carbocycles. The third-order valence-electron chi connectivity index (χ3n) is 5.54. The second-order valence-electron chi connectivity index (χ2n) is 6.91. The minimum atomic E-state index is -3.36. The van der Waals surface area contributed by atoms with Crippen molar-refractivity contribution in [2.45, 2.75) is 37.3 Å². The van der Waals surface area contributed by atoms with Gasteiger partial charge in [-0.15, -0.1) is 12.4 Å². The average Bonchev–Trinajstić information content (AvgIpc) is 3.23. The predicted octanol–water partition coefficient (Wildman–Crippen LogP) is 1.56. The van der Waals surface area contributed by atoms with Crippen LogP contribution in [-0.4, -0.2) is 48.7 Å². The van der Waals surface area contributed by atoms with Crippen LogP contribution in [0.3, 0.4) is 0 Å². The quantitative estimate of drug-likeness (QED) is 0.892. The molecule has 1 saturated carbocycles. The number of nitrogens with two attached hydrogens (primary N) is 1. The van der Waals surface area contributed by atoms with Crippen LogP contribution in [0.5, 0.6) is 0 Å². The first kappa shape index (κ1) is 17.2. The molecule has 0 aromatic heterocycles. The molecule has 2 saturated heterocycles. The summed E-state index contributed by atoms with van der Waals surface area (Å²) in [6.45, 7) is 1.63. The van der Waals surface area contributed by atoms with Crippen molar-refractivity contribution in [3.8, 4) is 0 Å². The summed E-state index contributed by atoms with van der Waals surface area (Å²) in [4.78, 5) is 0. The third kappa shape index (κ3) is 2.91. The summed E-state index contributed by atoms with van der Waals surface area (Å²) in [6.07, 6.45) is 3.25. The molecule has 4 rings (SSSR count). The molecule has 128 valence electrons. The number of rotatable bonds is 3. The van der Waals surface area contributed by atoms with Crippen molar-refractivity contribution in [1.29, 1.82) is 0 Å². The molecule has 1 aliphatic carbocycles. The molecule has 3 aliphatic rings. The standard InChI is InChI=1S/C16H23N3O2S.ClH/c17-16-11-18(10-15(16)13-4-2-1-3-5-13)22(20,21)19-9-12-6-7-14(19)8-12;/h1-5,12,14-16H,6-11,17H2;1H/t12?,14?,15-,16+;/m0./s1. The minimum Gasteiger partial charge on any atom is -0.326 e. The molecule has 0 amide bonds. The Hall–Kier alpha value is -0.660. The fourth-order valence-electron chi connectivity index (χ4n) is 4.34. The predicted molar refractivity (Wildman–Crippen MR) is 92.7 cm³/mol. The molecule has 23 heavy (non-hydrogen) atoms. The van der Waals surface area contributed by atoms with Crippen LogP contribution in [-0.2, 0) is 10.2 Å². The SMILES string of the molecule is Cl.N[C@@H]1CN(S(=O)(=O)N2CC3CCC2C3)C[C@H]1c1ccccc1. The zero-order chi connectivity index (χ0) is 15.3. The van der Waals surface area contributed by atoms with Gasteiger partial charge in [0.25, 0.3) is 10.2 Å². The van der Waals surface area contributed by atoms with E-state index >= 15 is 0 Å². The van der Waals surface area contributed by atoms with Crippen LogP contribution in [0.4, 0.5) is 0 Å². The normalized spacial score (nSPS) is 34.7. The molecule has 4 atom stereocenters. The fraction of sp³-hybridized carbons (Fsp3) is 0.625. The summed E-state index contributed by atoms with van der Waals surface area (Å²) in [5.74, 6) is 0.664. The number of fused-ring (bicyclic) bond motifs is 2. The van der Waals surface area contributed by atoms with E-state index in [0.717, 1.165) is 18.4 Å². The topological polar surface area (TPSA) is 66.6 Å². The van der Waals surface area contributed by atoms with Crippen LogP contribution < -0.4 is 5.73 Å². The van der Waals surface area contributed by atoms with Crippen molar-refractivity contribution >= 4 is 22.6 Å². The van der Waals surface area contributed by atoms with Crippen molar-refractivity contribution in [1.82, 2.24) is 8.61 Å². The zero-order valence-corrected chi connectivity index (χ0v) is 14.7. The van der Waals surface area contributed by atoms with Crippen molar-refractivity contribution < 1.29 is 8.42 Å². The summed E-state index contributed by atoms with van der Waals surface area (Å²) >= 11 is 0. The largest absolute Gasteiger partial charge is 0.326 e. The molecule has 2 N–H and O–H groups in total. The highest BCUT2D eigenvalue weighted by atomic mass is 35.5. The minimum absolute atomic E-state index is 0. The molecule has 7 heteroatoms. The van der Waals surface area contributed by atoms with Crippen LogP contribution in [0.2, 0.25) is 0 Å². The van der Waals surface area contributed by atoms with Gasteiger partial charge in [-0.05, 0) is 30.7 Å². The van der Waals surface area contributed by atoms with E-state index in [4.69, 9.17) is 5.73 Å². The van der Waals surface area contributed by atoms with Crippen LogP contribution in [0.15, 0.2) is 30.3 Å². The van der Waals surface area contributed by atoms with E-state index in [2.05, 4.69) is 0 Å². The molecule has 2 heterocycles. The van der Waals surface area contributed by atoms with E-state index in [1.54, 1.807) is 8.61 Å². The van der Waals surface area contributed by atoms with Gasteiger partial charge >= 0.3 is 0 Å². The van der Waals surface area contributed by atoms with Crippen LogP contribution in [0.1, 0.15) is 30.7 Å². The Morgan fingerprint density at radius 1 is 1.04 bits per heavy atom. The molecule has 2 aliphatic heterocycles. The number of nitrogens with zero attached hydrogens (tertiary/aromatic N) is 2. The van der Waals surface area contributed by atoms with E-state index < -0.39 is 10.2 Å². The maximum atomic E-state index is 12.9. The highest BCUT2D eigenvalue weighted by molar-refractivity contribution is 7.86. The number of hydrogen-bond donors (Lipinski definition) is 1. The van der Waals surface area contributed by atoms with E-state index in [0.29, 0.717) is 25.6 Å². The lowest BCUT2D eigenvalue weighted by Gasteiger charge is -2.30. The lowest BCUT2D eigenvalue weighted by molar-refractivity contribution is 0.304. The Bertz CT molecular complexity index is 655. The first-order chi connectivity index (χ1) is 10.6. The molecule has 2 bridgehead atoms. The van der Waals surface area contributed by atoms with E-state index in [1.165, 1.54) is 6.42 Å². The van der Waals surface area contributed by atoms with Gasteiger partial charge in [-0.2, -0.15) is 17.0 Å². The maximum absolute atomic E-state index is 12.9. The van der Waals surface area contributed by atoms with E-state index in [-0.39, 0.29) is 30.4 Å². The van der Waals surface area contributed by atoms with Crippen molar-refractivity contribution in [2.75, 3.05) is 19.6 Å². The number of piperidine rings is 1. The smallest absolute Gasteiger partial charge is 0.282 e. The van der Waals surface area contributed by atoms with Crippen LogP contribution in [0.25, 0.3) is 0 Å². The van der Waals surface area contributed by atoms with Crippen LogP contribution in [0, 0.1) is 5.92 Å². The Morgan fingerprint density at radius 2 is 1.78 bits per heavy atom. The molecule has 0 spiro atoms. The lowest BCUT2D eigenvalue weighted by atomic mass is 9.95. The molecule has 3 fully saturated rings. The Balaban J connectivity index is 0.00000156. The maximum Gasteiger partial charge on any atom is 0.282 e. The first-order valence-corrected chi connectivity index (χ1v) is 9.53. The molecule has 0 radical (unpaired) electrons. The van der Waals surface area contributed by atoms with Gasteiger partial charge in [0.2, 0.25) is 0 Å². The highest BCUT2D eigenvalue weighted by Crippen LogP contribution is 2.40. The number of benzene rings is 1. The molecular formula is C16H24ClN3O2S. The van der Waals surface area contributed by atoms with E-state index in [9.17, 15) is 8.42 Å². The zero-order valence-electron chi connectivity index (χ0n) is 13.0. The van der Waals surface area contributed by atoms with Crippen molar-refractivity contribution in [3.63, 3.8) is 0 Å². The van der Waals surface area contributed by atoms with Crippen molar-refractivity contribution in [3.05, 3.63) is 35.9 Å². The average molecular weight is 358 g/mol. The molecule has 5 nitrogen and oxygen atoms in total. The van der Waals surface area contributed by atoms with Gasteiger partial charge in [-0.1, -0.05) is 30.3 Å². The van der Waals surface area contributed by atoms with Gasteiger partial charge in [0.15, 0.2) is 0 Å². The van der Waals surface area contributed by atoms with E-state index in [1.807, 2.05) is 30.3 Å². The Labute approximate surface area is 144 Å². The first-order valence-electron chi connectivity index (χ1n) is 8.13. The molecule has 1 aromatic rings. The lowest BCUT2D eigenvalue weighted by Crippen LogP contribution is -2.46. The summed E-state index contributed by atoms with van der Waals surface area (Å²) in [5, 5.41) is 0. The fourth-order valence-corrected chi connectivity index (χ4v) is 6.32. The van der Waals surface area contributed by atoms with Crippen molar-refractivity contribution in [2.24, 2.45) is 11.7 Å². The molecule has 2 unspecified atom stereocenters. The van der Waals surface area contributed by atoms with Crippen LogP contribution >= 0.6 is 12.4 Å². The van der Waals surface area contributed by atoms with Gasteiger partial charge in [-0.3, -0.25) is 0 Å². The number of hydrogen-bond acceptors (Lipinski definition) is 3. The third-order valence-corrected chi connectivity index (χ3v) is 7.53. The monoisotopic (exact) mass is 357 g/mol. The summed E-state index contributed by atoms with van der Waals surface area (Å²) in [5.41, 5.74) is 7.38. The van der Waals surface area contributed by atoms with Gasteiger partial charge < -0.3 is 5.73 Å². The Morgan fingerprint density at radius 3 is 2.39 bits per heavy atom. The Kier molecular flexibility index (Phi) is 4.73. The summed E-state index contributed by atoms with van der Waals surface area (Å²) < 4.78 is 29.2. The molecular weight excluding hydrogens is 334 g/mol. The van der Waals surface area contributed by atoms with Gasteiger partial charge in [0.05, 0.1) is 0 Å². The van der Waals surface area contributed by atoms with Gasteiger partial charge in [-0.25, -0.2) is 0 Å². The van der Waals surface area contributed by atoms with Gasteiger partial charge in [0.1, 0.15) is 0 Å². The highest BCUT2D eigenvalue weighted by Gasteiger charge is 2.48. The summed E-state index contributed by atoms with van der Waals surface area (Å²) in [6, 6.07) is 10.1. The summed E-state index contributed by atoms with van der Waals surface area (Å²) in [7, 11) is -3.36. The van der Waals surface area contributed by atoms with Gasteiger partial charge in [0, 0.05) is 37.6 Å². The second kappa shape index (κ2) is 6.33.